The van der Waals surface area contributed by atoms with Gasteiger partial charge in [0.05, 0.1) is 0 Å². The van der Waals surface area contributed by atoms with E-state index in [0.717, 1.165) is 45.7 Å². The average molecular weight is 269 g/mol. The Morgan fingerprint density at radius 1 is 1.37 bits per heavy atom. The molecule has 1 atom stereocenters. The van der Waals surface area contributed by atoms with Crippen LogP contribution < -0.4 is 11.1 Å². The molecule has 0 bridgehead atoms. The summed E-state index contributed by atoms with van der Waals surface area (Å²) in [6.07, 6.45) is 5.00. The first-order valence-corrected chi connectivity index (χ1v) is 7.47. The van der Waals surface area contributed by atoms with Gasteiger partial charge in [-0.3, -0.25) is 9.69 Å². The van der Waals surface area contributed by atoms with E-state index in [1.165, 1.54) is 12.8 Å². The number of amides is 1. The van der Waals surface area contributed by atoms with Crippen LogP contribution >= 0.6 is 0 Å². The molecule has 110 valence electrons. The average Bonchev–Trinajstić information content (AvgIpc) is 2.91. The van der Waals surface area contributed by atoms with Crippen molar-refractivity contribution in [3.8, 4) is 0 Å². The standard InChI is InChI=1S/C14H27N3O2/c1-12(15)10-13(18)16-11-14(4-8-19-9-5-14)17-6-2-3-7-17/h12H,2-11,15H2,1H3,(H,16,18). The van der Waals surface area contributed by atoms with Crippen molar-refractivity contribution >= 4 is 5.91 Å². The van der Waals surface area contributed by atoms with Gasteiger partial charge in [0.25, 0.3) is 0 Å². The summed E-state index contributed by atoms with van der Waals surface area (Å²) in [4.78, 5) is 14.4. The van der Waals surface area contributed by atoms with E-state index in [-0.39, 0.29) is 17.5 Å². The predicted molar refractivity (Wildman–Crippen MR) is 74.9 cm³/mol. The van der Waals surface area contributed by atoms with E-state index in [9.17, 15) is 4.79 Å². The highest BCUT2D eigenvalue weighted by Crippen LogP contribution is 2.30. The number of rotatable bonds is 5. The fourth-order valence-electron chi connectivity index (χ4n) is 3.18. The van der Waals surface area contributed by atoms with E-state index < -0.39 is 0 Å². The SMILES string of the molecule is CC(N)CC(=O)NCC1(N2CCCC2)CCOCC1. The quantitative estimate of drug-likeness (QED) is 0.762. The van der Waals surface area contributed by atoms with Gasteiger partial charge in [0, 0.05) is 37.8 Å². The summed E-state index contributed by atoms with van der Waals surface area (Å²) in [5, 5.41) is 3.09. The third-order valence-corrected chi connectivity index (χ3v) is 4.32. The highest BCUT2D eigenvalue weighted by Gasteiger charge is 2.39. The number of nitrogens with one attached hydrogen (secondary N) is 1. The smallest absolute Gasteiger partial charge is 0.221 e. The molecule has 2 aliphatic heterocycles. The van der Waals surface area contributed by atoms with Gasteiger partial charge < -0.3 is 15.8 Å². The zero-order valence-corrected chi connectivity index (χ0v) is 12.0. The molecule has 2 aliphatic rings. The lowest BCUT2D eigenvalue weighted by molar-refractivity contribution is -0.122. The van der Waals surface area contributed by atoms with E-state index in [1.54, 1.807) is 0 Å². The largest absolute Gasteiger partial charge is 0.381 e. The van der Waals surface area contributed by atoms with Crippen molar-refractivity contribution in [2.75, 3.05) is 32.8 Å². The minimum Gasteiger partial charge on any atom is -0.381 e. The van der Waals surface area contributed by atoms with Crippen LogP contribution in [-0.4, -0.2) is 55.2 Å². The van der Waals surface area contributed by atoms with E-state index in [1.807, 2.05) is 6.92 Å². The van der Waals surface area contributed by atoms with Crippen molar-refractivity contribution in [1.82, 2.24) is 10.2 Å². The highest BCUT2D eigenvalue weighted by molar-refractivity contribution is 5.76. The Bertz CT molecular complexity index is 295. The molecule has 3 N–H and O–H groups in total. The summed E-state index contributed by atoms with van der Waals surface area (Å²) in [5.74, 6) is 0.0695. The molecule has 2 rings (SSSR count). The van der Waals surface area contributed by atoms with Gasteiger partial charge in [-0.05, 0) is 45.7 Å². The number of carbonyl (C=O) groups is 1. The first kappa shape index (κ1) is 14.8. The van der Waals surface area contributed by atoms with Crippen LogP contribution in [0.25, 0.3) is 0 Å². The Morgan fingerprint density at radius 3 is 2.58 bits per heavy atom. The Morgan fingerprint density at radius 2 is 2.00 bits per heavy atom. The summed E-state index contributed by atoms with van der Waals surface area (Å²) >= 11 is 0. The van der Waals surface area contributed by atoms with Crippen molar-refractivity contribution in [2.45, 2.75) is 50.6 Å². The zero-order valence-electron chi connectivity index (χ0n) is 12.0. The molecular formula is C14H27N3O2. The van der Waals surface area contributed by atoms with Gasteiger partial charge in [-0.2, -0.15) is 0 Å². The van der Waals surface area contributed by atoms with Gasteiger partial charge in [-0.25, -0.2) is 0 Å². The topological polar surface area (TPSA) is 67.6 Å². The number of hydrogen-bond acceptors (Lipinski definition) is 4. The van der Waals surface area contributed by atoms with Crippen LogP contribution in [0, 0.1) is 0 Å². The van der Waals surface area contributed by atoms with Crippen LogP contribution in [-0.2, 0) is 9.53 Å². The van der Waals surface area contributed by atoms with Crippen LogP contribution in [0.3, 0.4) is 0 Å². The summed E-state index contributed by atoms with van der Waals surface area (Å²) in [7, 11) is 0. The molecule has 0 aromatic heterocycles. The normalized spacial score (nSPS) is 25.2. The molecule has 5 nitrogen and oxygen atoms in total. The maximum absolute atomic E-state index is 11.8. The predicted octanol–water partition coefficient (Wildman–Crippen LogP) is 0.485. The molecule has 0 aliphatic carbocycles. The maximum Gasteiger partial charge on any atom is 0.221 e. The van der Waals surface area contributed by atoms with Crippen molar-refractivity contribution in [3.05, 3.63) is 0 Å². The Kier molecular flexibility index (Phi) is 5.19. The van der Waals surface area contributed by atoms with Crippen LogP contribution in [0.2, 0.25) is 0 Å². The summed E-state index contributed by atoms with van der Waals surface area (Å²) in [5.41, 5.74) is 5.78. The number of ether oxygens (including phenoxy) is 1. The van der Waals surface area contributed by atoms with Gasteiger partial charge in [0.2, 0.25) is 5.91 Å². The van der Waals surface area contributed by atoms with Crippen molar-refractivity contribution in [3.63, 3.8) is 0 Å². The van der Waals surface area contributed by atoms with Crippen molar-refractivity contribution < 1.29 is 9.53 Å². The molecule has 1 amide bonds. The first-order valence-electron chi connectivity index (χ1n) is 7.47. The van der Waals surface area contributed by atoms with Gasteiger partial charge in [0.1, 0.15) is 0 Å². The molecular weight excluding hydrogens is 242 g/mol. The molecule has 0 saturated carbocycles. The number of likely N-dealkylation sites (tertiary alicyclic amines) is 1. The lowest BCUT2D eigenvalue weighted by atomic mass is 9.88. The highest BCUT2D eigenvalue weighted by atomic mass is 16.5. The van der Waals surface area contributed by atoms with E-state index in [0.29, 0.717) is 6.42 Å². The van der Waals surface area contributed by atoms with Crippen LogP contribution in [0.1, 0.15) is 39.0 Å². The zero-order chi connectivity index (χ0) is 13.7. The summed E-state index contributed by atoms with van der Waals surface area (Å²) < 4.78 is 5.50. The monoisotopic (exact) mass is 269 g/mol. The minimum atomic E-state index is -0.0718. The summed E-state index contributed by atoms with van der Waals surface area (Å²) in [6, 6.07) is -0.0718. The van der Waals surface area contributed by atoms with Gasteiger partial charge in [0.15, 0.2) is 0 Å². The molecule has 2 fully saturated rings. The fourth-order valence-corrected chi connectivity index (χ4v) is 3.18. The molecule has 5 heteroatoms. The van der Waals surface area contributed by atoms with E-state index >= 15 is 0 Å². The second kappa shape index (κ2) is 6.68. The van der Waals surface area contributed by atoms with Crippen LogP contribution in [0.4, 0.5) is 0 Å². The lowest BCUT2D eigenvalue weighted by Crippen LogP contribution is -2.57. The van der Waals surface area contributed by atoms with Crippen molar-refractivity contribution in [1.29, 1.82) is 0 Å². The molecule has 1 unspecified atom stereocenters. The third-order valence-electron chi connectivity index (χ3n) is 4.32. The first-order chi connectivity index (χ1) is 9.12. The lowest BCUT2D eigenvalue weighted by Gasteiger charge is -2.44. The molecule has 0 spiro atoms. The van der Waals surface area contributed by atoms with Gasteiger partial charge in [-0.15, -0.1) is 0 Å². The molecule has 2 saturated heterocycles. The summed E-state index contributed by atoms with van der Waals surface area (Å²) in [6.45, 7) is 6.53. The number of carbonyl (C=O) groups excluding carboxylic acids is 1. The second-order valence-electron chi connectivity index (χ2n) is 5.99. The molecule has 2 heterocycles. The van der Waals surface area contributed by atoms with Crippen LogP contribution in [0.15, 0.2) is 0 Å². The number of nitrogens with two attached hydrogens (primary N) is 1. The molecule has 0 aromatic rings. The third kappa shape index (κ3) is 3.91. The second-order valence-corrected chi connectivity index (χ2v) is 5.99. The van der Waals surface area contributed by atoms with Crippen molar-refractivity contribution in [2.24, 2.45) is 5.73 Å². The molecule has 0 radical (unpaired) electrons. The molecule has 19 heavy (non-hydrogen) atoms. The van der Waals surface area contributed by atoms with Gasteiger partial charge in [-0.1, -0.05) is 0 Å². The Balaban J connectivity index is 1.92. The molecule has 0 aromatic carbocycles. The Labute approximate surface area is 115 Å². The van der Waals surface area contributed by atoms with E-state index in [4.69, 9.17) is 10.5 Å². The number of hydrogen-bond donors (Lipinski definition) is 2. The van der Waals surface area contributed by atoms with E-state index in [2.05, 4.69) is 10.2 Å². The van der Waals surface area contributed by atoms with Gasteiger partial charge >= 0.3 is 0 Å². The maximum atomic E-state index is 11.8. The Hall–Kier alpha value is -0.650. The van der Waals surface area contributed by atoms with Crippen LogP contribution in [0.5, 0.6) is 0 Å². The fraction of sp³-hybridized carbons (Fsp3) is 0.929. The minimum absolute atomic E-state index is 0.0695. The number of nitrogens with zero attached hydrogens (tertiary/aromatic N) is 1.